The molecule has 0 heterocycles. The molecule has 0 saturated carbocycles. The predicted molar refractivity (Wildman–Crippen MR) is 114 cm³/mol. The molecule has 29 heavy (non-hydrogen) atoms. The molecule has 0 N–H and O–H groups in total. The highest BCUT2D eigenvalue weighted by molar-refractivity contribution is 5.88. The summed E-state index contributed by atoms with van der Waals surface area (Å²) in [4.78, 5) is 11.7. The van der Waals surface area contributed by atoms with E-state index >= 15 is 0 Å². The molecule has 4 nitrogen and oxygen atoms in total. The SMILES string of the molecule is C=C(C)C(=O)Oc1ccc(C(c2ccc(OC)cc2)c2ccc(OC)cc2)cc1. The topological polar surface area (TPSA) is 44.8 Å². The molecule has 3 rings (SSSR count). The molecule has 4 heteroatoms. The molecule has 0 radical (unpaired) electrons. The fourth-order valence-electron chi connectivity index (χ4n) is 3.09. The Morgan fingerprint density at radius 3 is 1.34 bits per heavy atom. The Balaban J connectivity index is 1.97. The van der Waals surface area contributed by atoms with Gasteiger partial charge in [0.2, 0.25) is 0 Å². The molecule has 0 atom stereocenters. The van der Waals surface area contributed by atoms with Crippen LogP contribution >= 0.6 is 0 Å². The molecular weight excluding hydrogens is 364 g/mol. The monoisotopic (exact) mass is 388 g/mol. The van der Waals surface area contributed by atoms with Crippen molar-refractivity contribution in [1.29, 1.82) is 0 Å². The Morgan fingerprint density at radius 1 is 0.690 bits per heavy atom. The van der Waals surface area contributed by atoms with Gasteiger partial charge in [-0.2, -0.15) is 0 Å². The van der Waals surface area contributed by atoms with E-state index in [0.717, 1.165) is 28.2 Å². The Morgan fingerprint density at radius 2 is 1.03 bits per heavy atom. The average Bonchev–Trinajstić information content (AvgIpc) is 2.76. The molecule has 0 spiro atoms. The highest BCUT2D eigenvalue weighted by atomic mass is 16.5. The number of hydrogen-bond acceptors (Lipinski definition) is 4. The fourth-order valence-corrected chi connectivity index (χ4v) is 3.09. The van der Waals surface area contributed by atoms with Crippen molar-refractivity contribution in [3.05, 3.63) is 102 Å². The van der Waals surface area contributed by atoms with E-state index in [1.54, 1.807) is 33.3 Å². The van der Waals surface area contributed by atoms with Crippen molar-refractivity contribution in [2.75, 3.05) is 14.2 Å². The lowest BCUT2D eigenvalue weighted by Gasteiger charge is -2.20. The van der Waals surface area contributed by atoms with Crippen molar-refractivity contribution in [2.45, 2.75) is 12.8 Å². The van der Waals surface area contributed by atoms with Crippen LogP contribution in [-0.2, 0) is 4.79 Å². The number of ether oxygens (including phenoxy) is 3. The maximum absolute atomic E-state index is 11.7. The molecule has 0 aromatic heterocycles. The van der Waals surface area contributed by atoms with Gasteiger partial charge in [0.15, 0.2) is 0 Å². The second-order valence-corrected chi connectivity index (χ2v) is 6.72. The highest BCUT2D eigenvalue weighted by Gasteiger charge is 2.18. The molecule has 148 valence electrons. The van der Waals surface area contributed by atoms with E-state index in [1.807, 2.05) is 36.4 Å². The van der Waals surface area contributed by atoms with E-state index in [9.17, 15) is 4.79 Å². The van der Waals surface area contributed by atoms with Gasteiger partial charge in [-0.15, -0.1) is 0 Å². The smallest absolute Gasteiger partial charge is 0.338 e. The highest BCUT2D eigenvalue weighted by Crippen LogP contribution is 2.34. The average molecular weight is 388 g/mol. The Kier molecular flexibility index (Phi) is 6.35. The first-order chi connectivity index (χ1) is 14.0. The molecule has 0 aliphatic carbocycles. The quantitative estimate of drug-likeness (QED) is 0.236. The van der Waals surface area contributed by atoms with Crippen LogP contribution in [0.5, 0.6) is 17.2 Å². The second-order valence-electron chi connectivity index (χ2n) is 6.72. The van der Waals surface area contributed by atoms with Crippen molar-refractivity contribution in [2.24, 2.45) is 0 Å². The molecule has 0 fully saturated rings. The first kappa shape index (κ1) is 20.2. The fraction of sp³-hybridized carbons (Fsp3) is 0.160. The summed E-state index contributed by atoms with van der Waals surface area (Å²) in [6.45, 7) is 5.23. The van der Waals surface area contributed by atoms with Crippen LogP contribution in [0, 0.1) is 0 Å². The standard InChI is InChI=1S/C25H24O4/c1-17(2)25(26)29-23-15-9-20(10-16-23)24(18-5-11-21(27-3)12-6-18)19-7-13-22(28-4)14-8-19/h5-16,24H,1H2,2-4H3. The minimum absolute atomic E-state index is 0.0118. The number of esters is 1. The lowest BCUT2D eigenvalue weighted by Crippen LogP contribution is -2.08. The van der Waals surface area contributed by atoms with Crippen molar-refractivity contribution in [3.63, 3.8) is 0 Å². The predicted octanol–water partition coefficient (Wildman–Crippen LogP) is 5.37. The molecular formula is C25H24O4. The van der Waals surface area contributed by atoms with Gasteiger partial charge in [0.05, 0.1) is 14.2 Å². The van der Waals surface area contributed by atoms with Crippen LogP contribution in [0.25, 0.3) is 0 Å². The van der Waals surface area contributed by atoms with E-state index in [-0.39, 0.29) is 5.92 Å². The number of rotatable bonds is 7. The maximum atomic E-state index is 11.7. The second kappa shape index (κ2) is 9.11. The van der Waals surface area contributed by atoms with Gasteiger partial charge in [0.1, 0.15) is 17.2 Å². The van der Waals surface area contributed by atoms with E-state index in [0.29, 0.717) is 11.3 Å². The molecule has 0 saturated heterocycles. The molecule has 3 aromatic rings. The minimum Gasteiger partial charge on any atom is -0.497 e. The molecule has 0 bridgehead atoms. The largest absolute Gasteiger partial charge is 0.497 e. The molecule has 3 aromatic carbocycles. The number of methoxy groups -OCH3 is 2. The van der Waals surface area contributed by atoms with Gasteiger partial charge in [-0.1, -0.05) is 43.0 Å². The Hall–Kier alpha value is -3.53. The number of carbonyl (C=O) groups excluding carboxylic acids is 1. The summed E-state index contributed by atoms with van der Waals surface area (Å²) in [6.07, 6.45) is 0. The Bertz CT molecular complexity index is 923. The lowest BCUT2D eigenvalue weighted by molar-refractivity contribution is -0.130. The van der Waals surface area contributed by atoms with Gasteiger partial charge in [-0.25, -0.2) is 4.79 Å². The van der Waals surface area contributed by atoms with E-state index in [1.165, 1.54) is 0 Å². The van der Waals surface area contributed by atoms with Gasteiger partial charge >= 0.3 is 5.97 Å². The maximum Gasteiger partial charge on any atom is 0.338 e. The van der Waals surface area contributed by atoms with Crippen molar-refractivity contribution in [3.8, 4) is 17.2 Å². The number of carbonyl (C=O) groups is 1. The number of hydrogen-bond donors (Lipinski definition) is 0. The summed E-state index contributed by atoms with van der Waals surface area (Å²) in [5, 5.41) is 0. The summed E-state index contributed by atoms with van der Waals surface area (Å²) in [5.74, 6) is 1.69. The Labute approximate surface area is 171 Å². The van der Waals surface area contributed by atoms with E-state index in [4.69, 9.17) is 14.2 Å². The normalized spacial score (nSPS) is 10.5. The van der Waals surface area contributed by atoms with E-state index < -0.39 is 5.97 Å². The molecule has 0 aliphatic heterocycles. The van der Waals surface area contributed by atoms with Gasteiger partial charge in [0, 0.05) is 11.5 Å². The first-order valence-electron chi connectivity index (χ1n) is 9.27. The summed E-state index contributed by atoms with van der Waals surface area (Å²) in [7, 11) is 3.31. The van der Waals surface area contributed by atoms with Gasteiger partial charge in [0.25, 0.3) is 0 Å². The van der Waals surface area contributed by atoms with Crippen LogP contribution in [0.15, 0.2) is 84.9 Å². The third-order valence-electron chi connectivity index (χ3n) is 4.67. The number of benzene rings is 3. The van der Waals surface area contributed by atoms with Crippen LogP contribution in [0.4, 0.5) is 0 Å². The van der Waals surface area contributed by atoms with Crippen LogP contribution < -0.4 is 14.2 Å². The van der Waals surface area contributed by atoms with Crippen molar-refractivity contribution >= 4 is 5.97 Å². The van der Waals surface area contributed by atoms with Gasteiger partial charge in [-0.05, 0) is 60.0 Å². The zero-order valence-corrected chi connectivity index (χ0v) is 16.8. The van der Waals surface area contributed by atoms with Gasteiger partial charge in [-0.3, -0.25) is 0 Å². The van der Waals surface area contributed by atoms with Crippen LogP contribution in [-0.4, -0.2) is 20.2 Å². The zero-order valence-electron chi connectivity index (χ0n) is 16.8. The summed E-state index contributed by atoms with van der Waals surface area (Å²) >= 11 is 0. The lowest BCUT2D eigenvalue weighted by atomic mass is 9.85. The zero-order chi connectivity index (χ0) is 20.8. The summed E-state index contributed by atoms with van der Waals surface area (Å²) in [6, 6.07) is 23.6. The van der Waals surface area contributed by atoms with Crippen LogP contribution in [0.3, 0.4) is 0 Å². The minimum atomic E-state index is -0.431. The third kappa shape index (κ3) is 4.85. The summed E-state index contributed by atoms with van der Waals surface area (Å²) in [5.41, 5.74) is 3.70. The van der Waals surface area contributed by atoms with Crippen LogP contribution in [0.2, 0.25) is 0 Å². The summed E-state index contributed by atoms with van der Waals surface area (Å²) < 4.78 is 15.9. The van der Waals surface area contributed by atoms with E-state index in [2.05, 4.69) is 30.8 Å². The third-order valence-corrected chi connectivity index (χ3v) is 4.67. The molecule has 0 unspecified atom stereocenters. The first-order valence-corrected chi connectivity index (χ1v) is 9.27. The van der Waals surface area contributed by atoms with Gasteiger partial charge < -0.3 is 14.2 Å². The molecule has 0 aliphatic rings. The van der Waals surface area contributed by atoms with Crippen LogP contribution in [0.1, 0.15) is 29.5 Å². The molecule has 0 amide bonds. The van der Waals surface area contributed by atoms with Crippen molar-refractivity contribution < 1.29 is 19.0 Å². The van der Waals surface area contributed by atoms with Crippen molar-refractivity contribution in [1.82, 2.24) is 0 Å².